The summed E-state index contributed by atoms with van der Waals surface area (Å²) in [6, 6.07) is 11.8. The molecule has 4 rings (SSSR count). The van der Waals surface area contributed by atoms with Crippen LogP contribution in [0.25, 0.3) is 0 Å². The van der Waals surface area contributed by atoms with Gasteiger partial charge in [0, 0.05) is 26.2 Å². The van der Waals surface area contributed by atoms with Crippen molar-refractivity contribution < 1.29 is 14.0 Å². The molecule has 3 heterocycles. The van der Waals surface area contributed by atoms with Gasteiger partial charge in [0.2, 0.25) is 5.91 Å². The summed E-state index contributed by atoms with van der Waals surface area (Å²) in [5, 5.41) is 0. The van der Waals surface area contributed by atoms with E-state index in [1.807, 2.05) is 17.9 Å². The van der Waals surface area contributed by atoms with Crippen LogP contribution in [0.15, 0.2) is 40.8 Å². The van der Waals surface area contributed by atoms with Gasteiger partial charge in [-0.05, 0) is 44.4 Å². The van der Waals surface area contributed by atoms with E-state index < -0.39 is 5.41 Å². The van der Waals surface area contributed by atoms with Crippen molar-refractivity contribution in [3.8, 4) is 0 Å². The number of likely N-dealkylation sites (tertiary alicyclic amines) is 2. The Labute approximate surface area is 153 Å². The van der Waals surface area contributed by atoms with E-state index in [1.165, 1.54) is 5.56 Å². The average Bonchev–Trinajstić information content (AvgIpc) is 3.31. The van der Waals surface area contributed by atoms with Gasteiger partial charge in [-0.15, -0.1) is 0 Å². The molecular formula is C21H24N2O3. The van der Waals surface area contributed by atoms with E-state index in [0.29, 0.717) is 25.4 Å². The van der Waals surface area contributed by atoms with Crippen LogP contribution < -0.4 is 0 Å². The van der Waals surface area contributed by atoms with Crippen LogP contribution >= 0.6 is 0 Å². The monoisotopic (exact) mass is 352 g/mol. The molecule has 0 radical (unpaired) electrons. The summed E-state index contributed by atoms with van der Waals surface area (Å²) in [7, 11) is 0. The second-order valence-corrected chi connectivity index (χ2v) is 7.63. The topological polar surface area (TPSA) is 53.8 Å². The van der Waals surface area contributed by atoms with E-state index in [9.17, 15) is 9.59 Å². The van der Waals surface area contributed by atoms with Crippen LogP contribution in [0.2, 0.25) is 0 Å². The Balaban J connectivity index is 1.45. The minimum absolute atomic E-state index is 0.111. The lowest BCUT2D eigenvalue weighted by Gasteiger charge is -2.23. The van der Waals surface area contributed by atoms with Crippen molar-refractivity contribution in [1.82, 2.24) is 9.80 Å². The minimum Gasteiger partial charge on any atom is -0.456 e. The summed E-state index contributed by atoms with van der Waals surface area (Å²) in [6.45, 7) is 6.40. The van der Waals surface area contributed by atoms with Crippen molar-refractivity contribution in [3.63, 3.8) is 0 Å². The molecule has 2 saturated heterocycles. The number of carbonyl (C=O) groups is 2. The predicted molar refractivity (Wildman–Crippen MR) is 97.6 cm³/mol. The lowest BCUT2D eigenvalue weighted by Crippen LogP contribution is -2.38. The maximum Gasteiger partial charge on any atom is 0.289 e. The lowest BCUT2D eigenvalue weighted by atomic mass is 9.85. The van der Waals surface area contributed by atoms with Gasteiger partial charge >= 0.3 is 0 Å². The van der Waals surface area contributed by atoms with Gasteiger partial charge < -0.3 is 14.2 Å². The number of hydrogen-bond donors (Lipinski definition) is 0. The molecule has 136 valence electrons. The number of hydrogen-bond acceptors (Lipinski definition) is 3. The smallest absolute Gasteiger partial charge is 0.289 e. The maximum atomic E-state index is 13.1. The first kappa shape index (κ1) is 16.9. The normalized spacial score (nSPS) is 22.6. The van der Waals surface area contributed by atoms with Gasteiger partial charge in [-0.2, -0.15) is 0 Å². The number of amides is 2. The Morgan fingerprint density at radius 2 is 1.96 bits per heavy atom. The third kappa shape index (κ3) is 2.91. The minimum atomic E-state index is -0.416. The Kier molecular flexibility index (Phi) is 4.10. The van der Waals surface area contributed by atoms with Gasteiger partial charge in [0.1, 0.15) is 5.76 Å². The summed E-state index contributed by atoms with van der Waals surface area (Å²) in [5.74, 6) is 1.16. The molecule has 1 atom stereocenters. The molecule has 1 unspecified atom stereocenters. The van der Waals surface area contributed by atoms with E-state index in [4.69, 9.17) is 4.42 Å². The fourth-order valence-electron chi connectivity index (χ4n) is 4.20. The number of carbonyl (C=O) groups excluding carboxylic acids is 2. The van der Waals surface area contributed by atoms with Crippen molar-refractivity contribution in [2.24, 2.45) is 5.41 Å². The predicted octanol–water partition coefficient (Wildman–Crippen LogP) is 3.16. The fourth-order valence-corrected chi connectivity index (χ4v) is 4.20. The highest BCUT2D eigenvalue weighted by molar-refractivity contribution is 5.93. The largest absolute Gasteiger partial charge is 0.456 e. The molecule has 2 aliphatic heterocycles. The van der Waals surface area contributed by atoms with Crippen LogP contribution in [0.1, 0.15) is 40.3 Å². The second-order valence-electron chi connectivity index (χ2n) is 7.63. The first-order valence-corrected chi connectivity index (χ1v) is 9.17. The molecule has 2 fully saturated rings. The van der Waals surface area contributed by atoms with Crippen LogP contribution in [-0.4, -0.2) is 41.2 Å². The molecule has 2 aromatic rings. The van der Waals surface area contributed by atoms with Crippen molar-refractivity contribution in [2.75, 3.05) is 19.6 Å². The summed E-state index contributed by atoms with van der Waals surface area (Å²) in [5.41, 5.74) is 1.95. The Morgan fingerprint density at radius 3 is 2.69 bits per heavy atom. The van der Waals surface area contributed by atoms with Gasteiger partial charge in [-0.25, -0.2) is 0 Å². The van der Waals surface area contributed by atoms with Gasteiger partial charge in [0.25, 0.3) is 5.91 Å². The molecule has 2 aliphatic rings. The summed E-state index contributed by atoms with van der Waals surface area (Å²) < 4.78 is 5.46. The van der Waals surface area contributed by atoms with Crippen LogP contribution in [0.3, 0.4) is 0 Å². The number of rotatable bonds is 3. The van der Waals surface area contributed by atoms with Crippen LogP contribution in [0, 0.1) is 19.3 Å². The zero-order chi connectivity index (χ0) is 18.3. The van der Waals surface area contributed by atoms with Crippen LogP contribution in [-0.2, 0) is 11.3 Å². The molecule has 26 heavy (non-hydrogen) atoms. The van der Waals surface area contributed by atoms with Crippen molar-refractivity contribution in [3.05, 3.63) is 59.0 Å². The van der Waals surface area contributed by atoms with Crippen molar-refractivity contribution >= 4 is 11.8 Å². The number of benzene rings is 1. The van der Waals surface area contributed by atoms with Crippen molar-refractivity contribution in [1.29, 1.82) is 0 Å². The Hall–Kier alpha value is -2.56. The average molecular weight is 352 g/mol. The second kappa shape index (κ2) is 6.31. The standard InChI is InChI=1S/C21H24N2O3/c1-15-4-3-5-17(12-15)13-22-10-8-21(20(22)25)9-11-23(14-21)19(24)18-7-6-16(2)26-18/h3-7,12H,8-11,13-14H2,1-2H3. The fraction of sp³-hybridized carbons (Fsp3) is 0.429. The number of nitrogens with zero attached hydrogens (tertiary/aromatic N) is 2. The highest BCUT2D eigenvalue weighted by Crippen LogP contribution is 2.41. The number of aryl methyl sites for hydroxylation is 2. The molecule has 0 aliphatic carbocycles. The zero-order valence-electron chi connectivity index (χ0n) is 15.3. The third-order valence-electron chi connectivity index (χ3n) is 5.65. The first-order chi connectivity index (χ1) is 12.5. The molecular weight excluding hydrogens is 328 g/mol. The van der Waals surface area contributed by atoms with E-state index in [1.54, 1.807) is 17.0 Å². The SMILES string of the molecule is Cc1cccc(CN2CCC3(CCN(C(=O)c4ccc(C)o4)C3)C2=O)c1. The highest BCUT2D eigenvalue weighted by Gasteiger charge is 2.51. The Morgan fingerprint density at radius 1 is 1.15 bits per heavy atom. The van der Waals surface area contributed by atoms with Gasteiger partial charge in [-0.3, -0.25) is 9.59 Å². The zero-order valence-corrected chi connectivity index (χ0v) is 15.3. The molecule has 5 nitrogen and oxygen atoms in total. The van der Waals surface area contributed by atoms with Gasteiger partial charge in [0.05, 0.1) is 5.41 Å². The molecule has 1 aromatic carbocycles. The molecule has 2 amide bonds. The lowest BCUT2D eigenvalue weighted by molar-refractivity contribution is -0.135. The van der Waals surface area contributed by atoms with Gasteiger partial charge in [-0.1, -0.05) is 29.8 Å². The van der Waals surface area contributed by atoms with Crippen LogP contribution in [0.5, 0.6) is 0 Å². The maximum absolute atomic E-state index is 13.1. The molecule has 0 bridgehead atoms. The number of furan rings is 1. The van der Waals surface area contributed by atoms with E-state index >= 15 is 0 Å². The summed E-state index contributed by atoms with van der Waals surface area (Å²) in [4.78, 5) is 29.4. The highest BCUT2D eigenvalue weighted by atomic mass is 16.3. The molecule has 1 spiro atoms. The van der Waals surface area contributed by atoms with Gasteiger partial charge in [0.15, 0.2) is 5.76 Å². The first-order valence-electron chi connectivity index (χ1n) is 9.17. The van der Waals surface area contributed by atoms with Crippen LogP contribution in [0.4, 0.5) is 0 Å². The molecule has 1 aromatic heterocycles. The molecule has 0 saturated carbocycles. The van der Waals surface area contributed by atoms with Crippen molar-refractivity contribution in [2.45, 2.75) is 33.2 Å². The summed E-state index contributed by atoms with van der Waals surface area (Å²) >= 11 is 0. The third-order valence-corrected chi connectivity index (χ3v) is 5.65. The summed E-state index contributed by atoms with van der Waals surface area (Å²) in [6.07, 6.45) is 1.56. The Bertz CT molecular complexity index is 856. The van der Waals surface area contributed by atoms with E-state index in [-0.39, 0.29) is 11.8 Å². The molecule has 0 N–H and O–H groups in total. The van der Waals surface area contributed by atoms with E-state index in [2.05, 4.69) is 25.1 Å². The quantitative estimate of drug-likeness (QED) is 0.853. The van der Waals surface area contributed by atoms with E-state index in [0.717, 1.165) is 30.7 Å². The molecule has 5 heteroatoms.